The summed E-state index contributed by atoms with van der Waals surface area (Å²) in [6.45, 7) is 0.734. The van der Waals surface area contributed by atoms with Crippen LogP contribution in [-0.4, -0.2) is 22.8 Å². The van der Waals surface area contributed by atoms with Gasteiger partial charge in [-0.25, -0.2) is 0 Å². The molecule has 1 aromatic rings. The molecule has 1 aromatic carbocycles. The van der Waals surface area contributed by atoms with Crippen LogP contribution < -0.4 is 5.32 Å². The summed E-state index contributed by atoms with van der Waals surface area (Å²) in [5, 5.41) is 2.94. The van der Waals surface area contributed by atoms with Crippen molar-refractivity contribution in [1.82, 2.24) is 5.32 Å². The normalized spacial score (nSPS) is 13.6. The van der Waals surface area contributed by atoms with Gasteiger partial charge >= 0.3 is 6.18 Å². The van der Waals surface area contributed by atoms with E-state index in [0.29, 0.717) is 18.7 Å². The maximum Gasteiger partial charge on any atom is 0.416 e. The van der Waals surface area contributed by atoms with E-state index in [2.05, 4.69) is 5.32 Å². The van der Waals surface area contributed by atoms with Crippen molar-refractivity contribution < 1.29 is 17.4 Å². The number of alkyl halides is 3. The highest BCUT2D eigenvalue weighted by atomic mass is 32.2. The number of hydrogen-bond acceptors (Lipinski definition) is 2. The van der Waals surface area contributed by atoms with Gasteiger partial charge < -0.3 is 5.32 Å². The summed E-state index contributed by atoms with van der Waals surface area (Å²) >= 11 is 0. The Labute approximate surface area is 107 Å². The van der Waals surface area contributed by atoms with Crippen LogP contribution in [0.4, 0.5) is 13.2 Å². The summed E-state index contributed by atoms with van der Waals surface area (Å²) in [6.07, 6.45) is -2.01. The minimum absolute atomic E-state index is 0.173. The molecule has 0 aliphatic heterocycles. The van der Waals surface area contributed by atoms with Gasteiger partial charge in [0.25, 0.3) is 0 Å². The maximum absolute atomic E-state index is 12.7. The molecule has 1 N–H and O–H groups in total. The Morgan fingerprint density at radius 3 is 2.56 bits per heavy atom. The van der Waals surface area contributed by atoms with Gasteiger partial charge in [-0.1, -0.05) is 18.2 Å². The first-order valence-corrected chi connectivity index (χ1v) is 7.30. The lowest BCUT2D eigenvalue weighted by atomic mass is 10.1. The zero-order valence-electron chi connectivity index (χ0n) is 10.1. The zero-order chi connectivity index (χ0) is 13.6. The third-order valence-electron chi connectivity index (χ3n) is 2.42. The Bertz CT molecular complexity index is 407. The van der Waals surface area contributed by atoms with Crippen molar-refractivity contribution in [3.8, 4) is 0 Å². The van der Waals surface area contributed by atoms with Crippen LogP contribution in [0.2, 0.25) is 0 Å². The lowest BCUT2D eigenvalue weighted by Crippen LogP contribution is -2.19. The van der Waals surface area contributed by atoms with Crippen molar-refractivity contribution >= 4 is 10.8 Å². The van der Waals surface area contributed by atoms with E-state index in [1.807, 2.05) is 0 Å². The van der Waals surface area contributed by atoms with Crippen LogP contribution in [0.25, 0.3) is 0 Å². The molecule has 0 spiro atoms. The quantitative estimate of drug-likeness (QED) is 0.811. The topological polar surface area (TPSA) is 29.1 Å². The molecule has 2 nitrogen and oxygen atoms in total. The molecule has 0 amide bonds. The first-order chi connectivity index (χ1) is 8.41. The fourth-order valence-electron chi connectivity index (χ4n) is 1.57. The highest BCUT2D eigenvalue weighted by Gasteiger charge is 2.32. The SMILES string of the molecule is CS(=O)CCCNCc1ccccc1C(F)(F)F. The lowest BCUT2D eigenvalue weighted by Gasteiger charge is -2.13. The maximum atomic E-state index is 12.7. The summed E-state index contributed by atoms with van der Waals surface area (Å²) in [6, 6.07) is 5.52. The van der Waals surface area contributed by atoms with Crippen molar-refractivity contribution in [1.29, 1.82) is 0 Å². The minimum Gasteiger partial charge on any atom is -0.313 e. The van der Waals surface area contributed by atoms with Gasteiger partial charge in [-0.05, 0) is 24.6 Å². The fourth-order valence-corrected chi connectivity index (χ4v) is 2.13. The van der Waals surface area contributed by atoms with Crippen molar-refractivity contribution in [3.63, 3.8) is 0 Å². The molecule has 0 heterocycles. The monoisotopic (exact) mass is 279 g/mol. The highest BCUT2D eigenvalue weighted by Crippen LogP contribution is 2.31. The van der Waals surface area contributed by atoms with E-state index >= 15 is 0 Å². The molecular weight excluding hydrogens is 263 g/mol. The van der Waals surface area contributed by atoms with Crippen LogP contribution in [-0.2, 0) is 23.5 Å². The van der Waals surface area contributed by atoms with E-state index in [0.717, 1.165) is 6.07 Å². The largest absolute Gasteiger partial charge is 0.416 e. The van der Waals surface area contributed by atoms with Crippen molar-refractivity contribution in [2.45, 2.75) is 19.1 Å². The van der Waals surface area contributed by atoms with Crippen LogP contribution in [0.3, 0.4) is 0 Å². The van der Waals surface area contributed by atoms with Gasteiger partial charge in [0.2, 0.25) is 0 Å². The predicted octanol–water partition coefficient (Wildman–Crippen LogP) is 2.56. The van der Waals surface area contributed by atoms with Gasteiger partial charge in [-0.2, -0.15) is 13.2 Å². The molecule has 0 aliphatic carbocycles. The smallest absolute Gasteiger partial charge is 0.313 e. The number of hydrogen-bond donors (Lipinski definition) is 1. The van der Waals surface area contributed by atoms with Crippen molar-refractivity contribution in [2.24, 2.45) is 0 Å². The van der Waals surface area contributed by atoms with Crippen LogP contribution in [0.15, 0.2) is 24.3 Å². The van der Waals surface area contributed by atoms with Gasteiger partial charge in [0.15, 0.2) is 0 Å². The Kier molecular flexibility index (Phi) is 5.81. The minimum atomic E-state index is -4.32. The molecule has 0 aromatic heterocycles. The molecule has 0 saturated carbocycles. The Balaban J connectivity index is 2.50. The second-order valence-electron chi connectivity index (χ2n) is 3.96. The van der Waals surface area contributed by atoms with E-state index < -0.39 is 22.5 Å². The zero-order valence-corrected chi connectivity index (χ0v) is 10.9. The molecule has 0 bridgehead atoms. The highest BCUT2D eigenvalue weighted by molar-refractivity contribution is 7.84. The second-order valence-corrected chi connectivity index (χ2v) is 5.52. The molecule has 18 heavy (non-hydrogen) atoms. The van der Waals surface area contributed by atoms with E-state index in [1.165, 1.54) is 12.1 Å². The number of benzene rings is 1. The van der Waals surface area contributed by atoms with Gasteiger partial charge in [0.1, 0.15) is 0 Å². The number of halogens is 3. The predicted molar refractivity (Wildman–Crippen MR) is 66.7 cm³/mol. The number of rotatable bonds is 6. The number of nitrogens with one attached hydrogen (secondary N) is 1. The van der Waals surface area contributed by atoms with E-state index in [9.17, 15) is 17.4 Å². The van der Waals surface area contributed by atoms with E-state index in [1.54, 1.807) is 12.3 Å². The Hall–Kier alpha value is -0.880. The first kappa shape index (κ1) is 15.2. The molecule has 0 radical (unpaired) electrons. The average Bonchev–Trinajstić information content (AvgIpc) is 2.27. The van der Waals surface area contributed by atoms with Gasteiger partial charge in [-0.3, -0.25) is 4.21 Å². The molecule has 6 heteroatoms. The van der Waals surface area contributed by atoms with E-state index in [-0.39, 0.29) is 12.1 Å². The average molecular weight is 279 g/mol. The van der Waals surface area contributed by atoms with Crippen molar-refractivity contribution in [3.05, 3.63) is 35.4 Å². The van der Waals surface area contributed by atoms with Crippen LogP contribution in [0.1, 0.15) is 17.5 Å². The fraction of sp³-hybridized carbons (Fsp3) is 0.500. The molecular formula is C12H16F3NOS. The summed E-state index contributed by atoms with van der Waals surface area (Å²) in [5.41, 5.74) is -0.362. The van der Waals surface area contributed by atoms with Crippen LogP contribution in [0.5, 0.6) is 0 Å². The van der Waals surface area contributed by atoms with Gasteiger partial charge in [0, 0.05) is 29.4 Å². The molecule has 0 aliphatic rings. The molecule has 1 atom stereocenters. The summed E-state index contributed by atoms with van der Waals surface area (Å²) < 4.78 is 48.8. The standard InChI is InChI=1S/C12H16F3NOS/c1-18(17)8-4-7-16-9-10-5-2-3-6-11(10)12(13,14)15/h2-3,5-6,16H,4,7-9H2,1H3. The Morgan fingerprint density at radius 2 is 1.94 bits per heavy atom. The first-order valence-electron chi connectivity index (χ1n) is 5.57. The lowest BCUT2D eigenvalue weighted by molar-refractivity contribution is -0.138. The van der Waals surface area contributed by atoms with Crippen molar-refractivity contribution in [2.75, 3.05) is 18.6 Å². The van der Waals surface area contributed by atoms with Crippen LogP contribution >= 0.6 is 0 Å². The molecule has 0 saturated heterocycles. The van der Waals surface area contributed by atoms with Gasteiger partial charge in [0.05, 0.1) is 5.56 Å². The molecule has 1 unspecified atom stereocenters. The molecule has 102 valence electrons. The second kappa shape index (κ2) is 6.89. The third-order valence-corrected chi connectivity index (χ3v) is 3.29. The summed E-state index contributed by atoms with van der Waals surface area (Å²) in [4.78, 5) is 0. The summed E-state index contributed by atoms with van der Waals surface area (Å²) in [5.74, 6) is 0.563. The van der Waals surface area contributed by atoms with Gasteiger partial charge in [-0.15, -0.1) is 0 Å². The third kappa shape index (κ3) is 5.18. The molecule has 0 fully saturated rings. The Morgan fingerprint density at radius 1 is 1.28 bits per heavy atom. The summed E-state index contributed by atoms with van der Waals surface area (Å²) in [7, 11) is -0.852. The van der Waals surface area contributed by atoms with E-state index in [4.69, 9.17) is 0 Å². The van der Waals surface area contributed by atoms with Crippen LogP contribution in [0, 0.1) is 0 Å². The molecule has 1 rings (SSSR count).